The Labute approximate surface area is 113 Å². The molecule has 1 rings (SSSR count). The van der Waals surface area contributed by atoms with Crippen LogP contribution in [0.3, 0.4) is 0 Å². The molecule has 0 heterocycles. The quantitative estimate of drug-likeness (QED) is 0.740. The van der Waals surface area contributed by atoms with Crippen LogP contribution in [0.15, 0.2) is 30.3 Å². The molecule has 1 aromatic carbocycles. The monoisotopic (exact) mass is 262 g/mol. The molecular formula is C15H18O4. The summed E-state index contributed by atoms with van der Waals surface area (Å²) in [6.07, 6.45) is 3.71. The van der Waals surface area contributed by atoms with Crippen LogP contribution in [-0.2, 0) is 14.3 Å². The first-order valence-electron chi connectivity index (χ1n) is 6.26. The average molecular weight is 262 g/mol. The number of carbonyl (C=O) groups is 2. The van der Waals surface area contributed by atoms with Crippen LogP contribution in [0.2, 0.25) is 0 Å². The third kappa shape index (κ3) is 5.38. The van der Waals surface area contributed by atoms with E-state index >= 15 is 0 Å². The van der Waals surface area contributed by atoms with E-state index in [-0.39, 0.29) is 18.4 Å². The molecule has 4 nitrogen and oxygen atoms in total. The van der Waals surface area contributed by atoms with Crippen molar-refractivity contribution in [2.24, 2.45) is 0 Å². The van der Waals surface area contributed by atoms with Crippen LogP contribution < -0.4 is 0 Å². The molecule has 0 aliphatic carbocycles. The maximum Gasteiger partial charge on any atom is 0.338 e. The summed E-state index contributed by atoms with van der Waals surface area (Å²) in [7, 11) is 0. The summed E-state index contributed by atoms with van der Waals surface area (Å²) in [5.41, 5.74) is 1.34. The van der Waals surface area contributed by atoms with E-state index in [1.165, 1.54) is 0 Å². The molecule has 0 bridgehead atoms. The lowest BCUT2D eigenvalue weighted by molar-refractivity contribution is -0.142. The van der Waals surface area contributed by atoms with Gasteiger partial charge in [-0.2, -0.15) is 0 Å². The Kier molecular flexibility index (Phi) is 6.36. The van der Waals surface area contributed by atoms with Gasteiger partial charge in [-0.1, -0.05) is 24.3 Å². The smallest absolute Gasteiger partial charge is 0.338 e. The van der Waals surface area contributed by atoms with Gasteiger partial charge < -0.3 is 9.47 Å². The van der Waals surface area contributed by atoms with E-state index in [0.29, 0.717) is 18.8 Å². The van der Waals surface area contributed by atoms with E-state index < -0.39 is 0 Å². The Balaban J connectivity index is 2.64. The normalized spacial score (nSPS) is 10.4. The van der Waals surface area contributed by atoms with Crippen LogP contribution in [-0.4, -0.2) is 25.2 Å². The van der Waals surface area contributed by atoms with Crippen LogP contribution in [0, 0.1) is 0 Å². The van der Waals surface area contributed by atoms with Gasteiger partial charge in [-0.15, -0.1) is 0 Å². The first-order valence-corrected chi connectivity index (χ1v) is 6.26. The van der Waals surface area contributed by atoms with Gasteiger partial charge in [-0.05, 0) is 31.5 Å². The number of ether oxygens (including phenoxy) is 2. The van der Waals surface area contributed by atoms with Crippen molar-refractivity contribution in [1.29, 1.82) is 0 Å². The van der Waals surface area contributed by atoms with Gasteiger partial charge in [-0.25, -0.2) is 4.79 Å². The van der Waals surface area contributed by atoms with Crippen molar-refractivity contribution in [2.75, 3.05) is 13.2 Å². The predicted octanol–water partition coefficient (Wildman–Crippen LogP) is 2.83. The molecule has 0 fully saturated rings. The van der Waals surface area contributed by atoms with E-state index in [4.69, 9.17) is 9.47 Å². The lowest BCUT2D eigenvalue weighted by Crippen LogP contribution is -2.04. The summed E-state index contributed by atoms with van der Waals surface area (Å²) in [6.45, 7) is 4.26. The standard InChI is InChI=1S/C15H18O4/c1-3-18-14(16)10-6-8-12-7-5-9-13(11-12)15(17)19-4-2/h5-9,11H,3-4,10H2,1-2H3. The molecule has 0 aliphatic rings. The molecule has 102 valence electrons. The highest BCUT2D eigenvalue weighted by Gasteiger charge is 2.05. The number of hydrogen-bond donors (Lipinski definition) is 0. The second kappa shape index (κ2) is 8.08. The highest BCUT2D eigenvalue weighted by atomic mass is 16.5. The lowest BCUT2D eigenvalue weighted by atomic mass is 10.1. The summed E-state index contributed by atoms with van der Waals surface area (Å²) < 4.78 is 9.73. The van der Waals surface area contributed by atoms with Crippen LogP contribution >= 0.6 is 0 Å². The number of benzene rings is 1. The fourth-order valence-corrected chi connectivity index (χ4v) is 1.49. The lowest BCUT2D eigenvalue weighted by Gasteiger charge is -2.02. The largest absolute Gasteiger partial charge is 0.466 e. The van der Waals surface area contributed by atoms with Gasteiger partial charge >= 0.3 is 11.9 Å². The van der Waals surface area contributed by atoms with Gasteiger partial charge in [0.1, 0.15) is 0 Å². The minimum atomic E-state index is -0.344. The van der Waals surface area contributed by atoms with Gasteiger partial charge in [0.2, 0.25) is 0 Å². The summed E-state index contributed by atoms with van der Waals surface area (Å²) in [5.74, 6) is -0.608. The van der Waals surface area contributed by atoms with E-state index in [1.807, 2.05) is 6.07 Å². The van der Waals surface area contributed by atoms with Crippen molar-refractivity contribution in [1.82, 2.24) is 0 Å². The number of esters is 2. The molecule has 0 amide bonds. The van der Waals surface area contributed by atoms with Crippen molar-refractivity contribution in [3.8, 4) is 0 Å². The SMILES string of the molecule is CCOC(=O)CC=Cc1cccc(C(=O)OCC)c1. The number of hydrogen-bond acceptors (Lipinski definition) is 4. The molecule has 19 heavy (non-hydrogen) atoms. The molecule has 0 radical (unpaired) electrons. The van der Waals surface area contributed by atoms with Crippen molar-refractivity contribution in [3.63, 3.8) is 0 Å². The Hall–Kier alpha value is -2.10. The number of carbonyl (C=O) groups excluding carboxylic acids is 2. The van der Waals surface area contributed by atoms with Crippen molar-refractivity contribution < 1.29 is 19.1 Å². The molecule has 0 spiro atoms. The fraction of sp³-hybridized carbons (Fsp3) is 0.333. The minimum absolute atomic E-state index is 0.220. The molecule has 0 saturated heterocycles. The van der Waals surface area contributed by atoms with E-state index in [9.17, 15) is 9.59 Å². The second-order valence-electron chi connectivity index (χ2n) is 3.76. The number of rotatable bonds is 6. The third-order valence-corrected chi connectivity index (χ3v) is 2.30. The fourth-order valence-electron chi connectivity index (χ4n) is 1.49. The van der Waals surface area contributed by atoms with Gasteiger partial charge in [0.15, 0.2) is 0 Å². The highest BCUT2D eigenvalue weighted by Crippen LogP contribution is 2.09. The average Bonchev–Trinajstić information content (AvgIpc) is 2.40. The Morgan fingerprint density at radius 2 is 1.89 bits per heavy atom. The van der Waals surface area contributed by atoms with Gasteiger partial charge in [0.05, 0.1) is 25.2 Å². The molecule has 0 aliphatic heterocycles. The Morgan fingerprint density at radius 1 is 1.16 bits per heavy atom. The third-order valence-electron chi connectivity index (χ3n) is 2.30. The summed E-state index contributed by atoms with van der Waals surface area (Å²) in [6, 6.07) is 7.04. The summed E-state index contributed by atoms with van der Waals surface area (Å²) in [4.78, 5) is 22.7. The van der Waals surface area contributed by atoms with Crippen LogP contribution in [0.25, 0.3) is 6.08 Å². The zero-order valence-electron chi connectivity index (χ0n) is 11.2. The van der Waals surface area contributed by atoms with Gasteiger partial charge in [0, 0.05) is 0 Å². The van der Waals surface area contributed by atoms with Crippen molar-refractivity contribution in [2.45, 2.75) is 20.3 Å². The highest BCUT2D eigenvalue weighted by molar-refractivity contribution is 5.90. The Bertz CT molecular complexity index is 463. The molecule has 4 heteroatoms. The van der Waals surface area contributed by atoms with Crippen LogP contribution in [0.5, 0.6) is 0 Å². The van der Waals surface area contributed by atoms with Crippen LogP contribution in [0.4, 0.5) is 0 Å². The predicted molar refractivity (Wildman–Crippen MR) is 72.7 cm³/mol. The summed E-state index contributed by atoms with van der Waals surface area (Å²) in [5, 5.41) is 0. The van der Waals surface area contributed by atoms with E-state index in [0.717, 1.165) is 5.56 Å². The van der Waals surface area contributed by atoms with E-state index in [2.05, 4.69) is 0 Å². The van der Waals surface area contributed by atoms with Gasteiger partial charge in [0.25, 0.3) is 0 Å². The summed E-state index contributed by atoms with van der Waals surface area (Å²) >= 11 is 0. The molecule has 0 aromatic heterocycles. The van der Waals surface area contributed by atoms with E-state index in [1.54, 1.807) is 44.2 Å². The Morgan fingerprint density at radius 3 is 2.58 bits per heavy atom. The van der Waals surface area contributed by atoms with Gasteiger partial charge in [-0.3, -0.25) is 4.79 Å². The zero-order valence-corrected chi connectivity index (χ0v) is 11.2. The molecular weight excluding hydrogens is 244 g/mol. The topological polar surface area (TPSA) is 52.6 Å². The van der Waals surface area contributed by atoms with Crippen molar-refractivity contribution >= 4 is 18.0 Å². The zero-order chi connectivity index (χ0) is 14.1. The molecule has 0 N–H and O–H groups in total. The maximum atomic E-state index is 11.5. The molecule has 0 atom stereocenters. The first-order chi connectivity index (χ1) is 9.17. The molecule has 0 saturated carbocycles. The minimum Gasteiger partial charge on any atom is -0.466 e. The van der Waals surface area contributed by atoms with Crippen LogP contribution in [0.1, 0.15) is 36.2 Å². The second-order valence-corrected chi connectivity index (χ2v) is 3.76. The molecule has 0 unspecified atom stereocenters. The maximum absolute atomic E-state index is 11.5. The molecule has 1 aromatic rings. The first kappa shape index (κ1) is 15.0. The van der Waals surface area contributed by atoms with Crippen molar-refractivity contribution in [3.05, 3.63) is 41.5 Å².